The van der Waals surface area contributed by atoms with Crippen LogP contribution in [-0.4, -0.2) is 10.2 Å². The first kappa shape index (κ1) is 17.5. The van der Waals surface area contributed by atoms with Gasteiger partial charge in [0.05, 0.1) is 16.7 Å². The fourth-order valence-electron chi connectivity index (χ4n) is 3.46. The number of rotatable bonds is 4. The Hall–Kier alpha value is -2.91. The van der Waals surface area contributed by atoms with Crippen LogP contribution in [0.1, 0.15) is 30.0 Å². The number of nitrogens with one attached hydrogen (secondary N) is 1. The fourth-order valence-corrected chi connectivity index (χ4v) is 3.70. The SMILES string of the molecule is CC/C(=C(/c1ccccc1)c1ccc2[nH]ncc2c1)c1cccc(F)c1Cl. The molecule has 4 aromatic rings. The van der Waals surface area contributed by atoms with Crippen molar-refractivity contribution in [2.24, 2.45) is 0 Å². The van der Waals surface area contributed by atoms with E-state index in [1.165, 1.54) is 6.07 Å². The normalized spacial score (nSPS) is 12.3. The molecule has 0 atom stereocenters. The first-order chi connectivity index (χ1) is 13.2. The Kier molecular flexibility index (Phi) is 4.78. The van der Waals surface area contributed by atoms with Gasteiger partial charge in [-0.05, 0) is 52.5 Å². The molecule has 0 fully saturated rings. The summed E-state index contributed by atoms with van der Waals surface area (Å²) in [6.07, 6.45) is 2.53. The third-order valence-electron chi connectivity index (χ3n) is 4.72. The van der Waals surface area contributed by atoms with Gasteiger partial charge >= 0.3 is 0 Å². The zero-order valence-corrected chi connectivity index (χ0v) is 15.6. The molecule has 0 spiro atoms. The Morgan fingerprint density at radius 1 is 1.00 bits per heavy atom. The van der Waals surface area contributed by atoms with E-state index in [1.54, 1.807) is 6.07 Å². The van der Waals surface area contributed by atoms with Crippen molar-refractivity contribution in [1.29, 1.82) is 0 Å². The molecular formula is C23H18ClFN2. The van der Waals surface area contributed by atoms with E-state index in [1.807, 2.05) is 36.5 Å². The van der Waals surface area contributed by atoms with Crippen molar-refractivity contribution in [2.45, 2.75) is 13.3 Å². The molecule has 1 heterocycles. The number of halogens is 2. The van der Waals surface area contributed by atoms with Crippen molar-refractivity contribution in [1.82, 2.24) is 10.2 Å². The summed E-state index contributed by atoms with van der Waals surface area (Å²) in [6, 6.07) is 21.3. The molecule has 0 aliphatic heterocycles. The lowest BCUT2D eigenvalue weighted by Crippen LogP contribution is -1.96. The monoisotopic (exact) mass is 376 g/mol. The molecule has 134 valence electrons. The number of aromatic nitrogens is 2. The first-order valence-electron chi connectivity index (χ1n) is 8.85. The van der Waals surface area contributed by atoms with Crippen molar-refractivity contribution in [2.75, 3.05) is 0 Å². The van der Waals surface area contributed by atoms with Gasteiger partial charge in [0, 0.05) is 5.39 Å². The van der Waals surface area contributed by atoms with Gasteiger partial charge in [0.25, 0.3) is 0 Å². The van der Waals surface area contributed by atoms with Crippen LogP contribution in [0, 0.1) is 5.82 Å². The van der Waals surface area contributed by atoms with Crippen molar-refractivity contribution in [3.05, 3.63) is 100 Å². The van der Waals surface area contributed by atoms with Crippen LogP contribution in [0.3, 0.4) is 0 Å². The number of hydrogen-bond acceptors (Lipinski definition) is 1. The highest BCUT2D eigenvalue weighted by Crippen LogP contribution is 2.38. The zero-order chi connectivity index (χ0) is 18.8. The molecule has 0 aliphatic carbocycles. The van der Waals surface area contributed by atoms with E-state index < -0.39 is 5.82 Å². The van der Waals surface area contributed by atoms with Crippen LogP contribution < -0.4 is 0 Å². The predicted molar refractivity (Wildman–Crippen MR) is 110 cm³/mol. The molecule has 3 aromatic carbocycles. The second kappa shape index (κ2) is 7.37. The third kappa shape index (κ3) is 3.26. The maximum absolute atomic E-state index is 14.1. The summed E-state index contributed by atoms with van der Waals surface area (Å²) < 4.78 is 14.1. The second-order valence-corrected chi connectivity index (χ2v) is 6.72. The van der Waals surface area contributed by atoms with Gasteiger partial charge in [-0.15, -0.1) is 0 Å². The largest absolute Gasteiger partial charge is 0.278 e. The predicted octanol–water partition coefficient (Wildman–Crippen LogP) is 6.72. The number of H-pyrrole nitrogens is 1. The van der Waals surface area contributed by atoms with Crippen molar-refractivity contribution >= 4 is 33.7 Å². The third-order valence-corrected chi connectivity index (χ3v) is 5.11. The lowest BCUT2D eigenvalue weighted by atomic mass is 9.88. The smallest absolute Gasteiger partial charge is 0.142 e. The molecule has 0 unspecified atom stereocenters. The van der Waals surface area contributed by atoms with E-state index in [0.717, 1.165) is 45.2 Å². The van der Waals surface area contributed by atoms with E-state index in [0.29, 0.717) is 0 Å². The maximum atomic E-state index is 14.1. The van der Waals surface area contributed by atoms with E-state index in [-0.39, 0.29) is 5.02 Å². The van der Waals surface area contributed by atoms with Crippen LogP contribution >= 0.6 is 11.6 Å². The highest BCUT2D eigenvalue weighted by molar-refractivity contribution is 6.33. The van der Waals surface area contributed by atoms with Gasteiger partial charge in [0.1, 0.15) is 5.82 Å². The summed E-state index contributed by atoms with van der Waals surface area (Å²) in [5.41, 5.74) is 5.88. The summed E-state index contributed by atoms with van der Waals surface area (Å²) in [5, 5.41) is 8.28. The van der Waals surface area contributed by atoms with Gasteiger partial charge in [-0.25, -0.2) is 4.39 Å². The Bertz CT molecular complexity index is 1130. The Labute approximate surface area is 162 Å². The second-order valence-electron chi connectivity index (χ2n) is 6.35. The molecule has 4 rings (SSSR count). The number of hydrogen-bond donors (Lipinski definition) is 1. The van der Waals surface area contributed by atoms with Crippen molar-refractivity contribution < 1.29 is 4.39 Å². The highest BCUT2D eigenvalue weighted by atomic mass is 35.5. The zero-order valence-electron chi connectivity index (χ0n) is 14.8. The van der Waals surface area contributed by atoms with Crippen molar-refractivity contribution in [3.8, 4) is 0 Å². The van der Waals surface area contributed by atoms with Gasteiger partial charge in [-0.1, -0.05) is 67.1 Å². The van der Waals surface area contributed by atoms with E-state index in [2.05, 4.69) is 41.4 Å². The number of benzene rings is 3. The highest BCUT2D eigenvalue weighted by Gasteiger charge is 2.17. The van der Waals surface area contributed by atoms with Crippen molar-refractivity contribution in [3.63, 3.8) is 0 Å². The minimum Gasteiger partial charge on any atom is -0.278 e. The minimum absolute atomic E-state index is 0.159. The lowest BCUT2D eigenvalue weighted by Gasteiger charge is -2.17. The van der Waals surface area contributed by atoms with Gasteiger partial charge in [0.2, 0.25) is 0 Å². The topological polar surface area (TPSA) is 28.7 Å². The van der Waals surface area contributed by atoms with Crippen LogP contribution in [0.4, 0.5) is 4.39 Å². The van der Waals surface area contributed by atoms with E-state index in [9.17, 15) is 4.39 Å². The van der Waals surface area contributed by atoms with Crippen LogP contribution in [-0.2, 0) is 0 Å². The molecule has 0 aliphatic rings. The molecule has 0 saturated carbocycles. The Morgan fingerprint density at radius 2 is 1.81 bits per heavy atom. The minimum atomic E-state index is -0.405. The summed E-state index contributed by atoms with van der Waals surface area (Å²) in [5.74, 6) is -0.405. The maximum Gasteiger partial charge on any atom is 0.142 e. The summed E-state index contributed by atoms with van der Waals surface area (Å²) >= 11 is 6.34. The lowest BCUT2D eigenvalue weighted by molar-refractivity contribution is 0.627. The standard InChI is InChI=1S/C23H18ClFN2/c1-2-18(19-9-6-10-20(25)23(19)24)22(15-7-4-3-5-8-15)16-11-12-21-17(13-16)14-26-27-21/h3-14H,2H2,1H3,(H,26,27)/b22-18+. The van der Waals surface area contributed by atoms with Gasteiger partial charge in [-0.2, -0.15) is 5.10 Å². The Balaban J connectivity index is 2.04. The van der Waals surface area contributed by atoms with Gasteiger partial charge in [0.15, 0.2) is 0 Å². The number of aromatic amines is 1. The fraction of sp³-hybridized carbons (Fsp3) is 0.0870. The molecule has 0 amide bonds. The van der Waals surface area contributed by atoms with Crippen LogP contribution in [0.25, 0.3) is 22.0 Å². The average Bonchev–Trinajstić information content (AvgIpc) is 3.17. The molecule has 0 radical (unpaired) electrons. The van der Waals surface area contributed by atoms with Gasteiger partial charge in [-0.3, -0.25) is 5.10 Å². The molecule has 4 heteroatoms. The van der Waals surface area contributed by atoms with Crippen LogP contribution in [0.15, 0.2) is 72.9 Å². The number of allylic oxidation sites excluding steroid dienone is 1. The Morgan fingerprint density at radius 3 is 2.59 bits per heavy atom. The molecule has 0 bridgehead atoms. The first-order valence-corrected chi connectivity index (χ1v) is 9.23. The quantitative estimate of drug-likeness (QED) is 0.393. The molecule has 2 nitrogen and oxygen atoms in total. The number of nitrogens with zero attached hydrogens (tertiary/aromatic N) is 1. The van der Waals surface area contributed by atoms with Crippen LogP contribution in [0.2, 0.25) is 5.02 Å². The summed E-state index contributed by atoms with van der Waals surface area (Å²) in [4.78, 5) is 0. The van der Waals surface area contributed by atoms with E-state index >= 15 is 0 Å². The average molecular weight is 377 g/mol. The summed E-state index contributed by atoms with van der Waals surface area (Å²) in [7, 11) is 0. The van der Waals surface area contributed by atoms with Gasteiger partial charge < -0.3 is 0 Å². The van der Waals surface area contributed by atoms with E-state index in [4.69, 9.17) is 11.6 Å². The van der Waals surface area contributed by atoms with Crippen LogP contribution in [0.5, 0.6) is 0 Å². The molecular weight excluding hydrogens is 359 g/mol. The molecule has 1 N–H and O–H groups in total. The number of fused-ring (bicyclic) bond motifs is 1. The molecule has 0 saturated heterocycles. The summed E-state index contributed by atoms with van der Waals surface area (Å²) in [6.45, 7) is 2.07. The molecule has 27 heavy (non-hydrogen) atoms. The molecule has 1 aromatic heterocycles.